The highest BCUT2D eigenvalue weighted by molar-refractivity contribution is 6.34. The third kappa shape index (κ3) is 4.73. The number of rotatable bonds is 6. The SMILES string of the molecule is CO[C@H](C(=O)NCCc1cc(Cl)cc(Cl)c1)c1ccccc1. The van der Waals surface area contributed by atoms with Crippen molar-refractivity contribution in [2.24, 2.45) is 0 Å². The van der Waals surface area contributed by atoms with E-state index < -0.39 is 6.10 Å². The molecule has 0 unspecified atom stereocenters. The summed E-state index contributed by atoms with van der Waals surface area (Å²) in [6.07, 6.45) is 0.0428. The van der Waals surface area contributed by atoms with E-state index in [9.17, 15) is 4.79 Å². The standard InChI is InChI=1S/C17H17Cl2NO2/c1-22-16(13-5-3-2-4-6-13)17(21)20-8-7-12-9-14(18)11-15(19)10-12/h2-6,9-11,16H,7-8H2,1H3,(H,20,21)/t16-/m0/s1. The molecule has 0 aliphatic heterocycles. The van der Waals surface area contributed by atoms with Crippen molar-refractivity contribution in [3.63, 3.8) is 0 Å². The smallest absolute Gasteiger partial charge is 0.253 e. The first-order chi connectivity index (χ1) is 10.6. The highest BCUT2D eigenvalue weighted by Crippen LogP contribution is 2.19. The Morgan fingerprint density at radius 1 is 1.14 bits per heavy atom. The normalized spacial score (nSPS) is 12.0. The van der Waals surface area contributed by atoms with Crippen LogP contribution in [0.5, 0.6) is 0 Å². The number of carbonyl (C=O) groups excluding carboxylic acids is 1. The average Bonchev–Trinajstić information content (AvgIpc) is 2.48. The largest absolute Gasteiger partial charge is 0.367 e. The predicted octanol–water partition coefficient (Wildman–Crippen LogP) is 4.04. The quantitative estimate of drug-likeness (QED) is 0.863. The fourth-order valence-electron chi connectivity index (χ4n) is 2.20. The van der Waals surface area contributed by atoms with E-state index in [2.05, 4.69) is 5.32 Å². The van der Waals surface area contributed by atoms with Crippen LogP contribution >= 0.6 is 23.2 Å². The van der Waals surface area contributed by atoms with E-state index >= 15 is 0 Å². The van der Waals surface area contributed by atoms with Crippen LogP contribution < -0.4 is 5.32 Å². The Balaban J connectivity index is 1.91. The van der Waals surface area contributed by atoms with Gasteiger partial charge < -0.3 is 10.1 Å². The summed E-state index contributed by atoms with van der Waals surface area (Å²) in [7, 11) is 1.52. The molecular formula is C17H17Cl2NO2. The number of carbonyl (C=O) groups is 1. The van der Waals surface area contributed by atoms with E-state index in [1.807, 2.05) is 42.5 Å². The topological polar surface area (TPSA) is 38.3 Å². The first-order valence-corrected chi connectivity index (χ1v) is 7.66. The third-order valence-corrected chi connectivity index (χ3v) is 3.65. The number of halogens is 2. The predicted molar refractivity (Wildman–Crippen MR) is 89.4 cm³/mol. The Bertz CT molecular complexity index is 612. The lowest BCUT2D eigenvalue weighted by molar-refractivity contribution is -0.131. The van der Waals surface area contributed by atoms with Crippen LogP contribution in [0, 0.1) is 0 Å². The summed E-state index contributed by atoms with van der Waals surface area (Å²) in [4.78, 5) is 12.2. The molecule has 5 heteroatoms. The second-order valence-corrected chi connectivity index (χ2v) is 5.72. The number of benzene rings is 2. The molecule has 0 saturated carbocycles. The van der Waals surface area contributed by atoms with Gasteiger partial charge >= 0.3 is 0 Å². The van der Waals surface area contributed by atoms with E-state index in [-0.39, 0.29) is 5.91 Å². The van der Waals surface area contributed by atoms with Gasteiger partial charge in [-0.25, -0.2) is 0 Å². The fraction of sp³-hybridized carbons (Fsp3) is 0.235. The molecule has 0 spiro atoms. The van der Waals surface area contributed by atoms with Gasteiger partial charge in [0.25, 0.3) is 5.91 Å². The van der Waals surface area contributed by atoms with Crippen LogP contribution in [0.3, 0.4) is 0 Å². The molecule has 1 N–H and O–H groups in total. The number of hydrogen-bond acceptors (Lipinski definition) is 2. The minimum Gasteiger partial charge on any atom is -0.367 e. The van der Waals surface area contributed by atoms with E-state index in [1.54, 1.807) is 6.07 Å². The maximum atomic E-state index is 12.2. The number of amides is 1. The maximum absolute atomic E-state index is 12.2. The average molecular weight is 338 g/mol. The molecule has 2 aromatic carbocycles. The maximum Gasteiger partial charge on any atom is 0.253 e. The third-order valence-electron chi connectivity index (χ3n) is 3.21. The van der Waals surface area contributed by atoms with Crippen LogP contribution in [-0.4, -0.2) is 19.6 Å². The van der Waals surface area contributed by atoms with Gasteiger partial charge in [0.05, 0.1) is 0 Å². The van der Waals surface area contributed by atoms with Gasteiger partial charge in [-0.2, -0.15) is 0 Å². The molecule has 0 fully saturated rings. The van der Waals surface area contributed by atoms with Crippen LogP contribution in [0.1, 0.15) is 17.2 Å². The van der Waals surface area contributed by atoms with Crippen LogP contribution in [0.25, 0.3) is 0 Å². The van der Waals surface area contributed by atoms with E-state index in [1.165, 1.54) is 7.11 Å². The Morgan fingerprint density at radius 2 is 1.77 bits per heavy atom. The highest BCUT2D eigenvalue weighted by Gasteiger charge is 2.19. The number of ether oxygens (including phenoxy) is 1. The summed E-state index contributed by atoms with van der Waals surface area (Å²) >= 11 is 11.9. The molecule has 2 aromatic rings. The first-order valence-electron chi connectivity index (χ1n) is 6.90. The Kier molecular flexibility index (Phi) is 6.25. The highest BCUT2D eigenvalue weighted by atomic mass is 35.5. The summed E-state index contributed by atoms with van der Waals surface area (Å²) in [6, 6.07) is 14.7. The Labute approximate surface area is 140 Å². The van der Waals surface area contributed by atoms with Gasteiger partial charge in [-0.15, -0.1) is 0 Å². The Morgan fingerprint density at radius 3 is 2.36 bits per heavy atom. The summed E-state index contributed by atoms with van der Waals surface area (Å²) in [5, 5.41) is 4.05. The first kappa shape index (κ1) is 16.8. The van der Waals surface area contributed by atoms with E-state index in [4.69, 9.17) is 27.9 Å². The van der Waals surface area contributed by atoms with Crippen molar-refractivity contribution in [1.82, 2.24) is 5.32 Å². The van der Waals surface area contributed by atoms with Crippen LogP contribution in [0.4, 0.5) is 0 Å². The van der Waals surface area contributed by atoms with Crippen LogP contribution in [0.2, 0.25) is 10.0 Å². The molecule has 0 heterocycles. The van der Waals surface area contributed by atoms with Crippen molar-refractivity contribution >= 4 is 29.1 Å². The second-order valence-electron chi connectivity index (χ2n) is 4.85. The van der Waals surface area contributed by atoms with Gasteiger partial charge in [-0.1, -0.05) is 53.5 Å². The van der Waals surface area contributed by atoms with Crippen molar-refractivity contribution in [2.75, 3.05) is 13.7 Å². The van der Waals surface area contributed by atoms with Crippen molar-refractivity contribution in [1.29, 1.82) is 0 Å². The molecule has 0 aliphatic rings. The summed E-state index contributed by atoms with van der Waals surface area (Å²) < 4.78 is 5.28. The van der Waals surface area contributed by atoms with E-state index in [0.29, 0.717) is 23.0 Å². The molecule has 3 nitrogen and oxygen atoms in total. The van der Waals surface area contributed by atoms with Gasteiger partial charge in [-0.05, 0) is 35.7 Å². The lowest BCUT2D eigenvalue weighted by Gasteiger charge is -2.15. The lowest BCUT2D eigenvalue weighted by Crippen LogP contribution is -2.31. The van der Waals surface area contributed by atoms with Gasteiger partial charge in [0, 0.05) is 23.7 Å². The second kappa shape index (κ2) is 8.18. The molecule has 116 valence electrons. The van der Waals surface area contributed by atoms with Crippen molar-refractivity contribution in [3.8, 4) is 0 Å². The number of hydrogen-bond donors (Lipinski definition) is 1. The van der Waals surface area contributed by atoms with Crippen molar-refractivity contribution in [3.05, 3.63) is 69.7 Å². The number of methoxy groups -OCH3 is 1. The zero-order valence-corrected chi connectivity index (χ0v) is 13.7. The lowest BCUT2D eigenvalue weighted by atomic mass is 10.1. The molecule has 0 aromatic heterocycles. The molecule has 0 saturated heterocycles. The zero-order chi connectivity index (χ0) is 15.9. The molecule has 22 heavy (non-hydrogen) atoms. The van der Waals surface area contributed by atoms with Gasteiger partial charge in [-0.3, -0.25) is 4.79 Å². The van der Waals surface area contributed by atoms with Crippen molar-refractivity contribution in [2.45, 2.75) is 12.5 Å². The van der Waals surface area contributed by atoms with Crippen molar-refractivity contribution < 1.29 is 9.53 Å². The summed E-state index contributed by atoms with van der Waals surface area (Å²) in [5.41, 5.74) is 1.81. The molecule has 1 atom stereocenters. The zero-order valence-electron chi connectivity index (χ0n) is 12.2. The number of nitrogens with one attached hydrogen (secondary N) is 1. The fourth-order valence-corrected chi connectivity index (χ4v) is 2.77. The van der Waals surface area contributed by atoms with Crippen LogP contribution in [-0.2, 0) is 16.0 Å². The van der Waals surface area contributed by atoms with Gasteiger partial charge in [0.1, 0.15) is 0 Å². The Hall–Kier alpha value is -1.55. The van der Waals surface area contributed by atoms with E-state index in [0.717, 1.165) is 11.1 Å². The van der Waals surface area contributed by atoms with Gasteiger partial charge in [0.15, 0.2) is 6.10 Å². The summed E-state index contributed by atoms with van der Waals surface area (Å²) in [5.74, 6) is -0.165. The minimum absolute atomic E-state index is 0.165. The molecule has 1 amide bonds. The molecule has 0 bridgehead atoms. The minimum atomic E-state index is -0.607. The molecular weight excluding hydrogens is 321 g/mol. The van der Waals surface area contributed by atoms with Crippen LogP contribution in [0.15, 0.2) is 48.5 Å². The molecule has 2 rings (SSSR count). The molecule has 0 aliphatic carbocycles. The monoisotopic (exact) mass is 337 g/mol. The summed E-state index contributed by atoms with van der Waals surface area (Å²) in [6.45, 7) is 0.488. The van der Waals surface area contributed by atoms with Gasteiger partial charge in [0.2, 0.25) is 0 Å². The molecule has 0 radical (unpaired) electrons.